The molecule has 3 rings (SSSR count). The first kappa shape index (κ1) is 15.4. The fourth-order valence-electron chi connectivity index (χ4n) is 2.67. The molecule has 0 aliphatic heterocycles. The van der Waals surface area contributed by atoms with E-state index in [4.69, 9.17) is 11.5 Å². The van der Waals surface area contributed by atoms with E-state index in [1.165, 1.54) is 5.56 Å². The molecule has 1 aromatic heterocycles. The molecule has 5 nitrogen and oxygen atoms in total. The van der Waals surface area contributed by atoms with Crippen LogP contribution in [0.5, 0.6) is 0 Å². The Morgan fingerprint density at radius 1 is 1.04 bits per heavy atom. The number of imidazole rings is 1. The Morgan fingerprint density at radius 2 is 1.87 bits per heavy atom. The maximum Gasteiger partial charge on any atom is 0.138 e. The van der Waals surface area contributed by atoms with E-state index in [1.54, 1.807) is 0 Å². The average Bonchev–Trinajstić information content (AvgIpc) is 2.93. The van der Waals surface area contributed by atoms with Gasteiger partial charge >= 0.3 is 0 Å². The summed E-state index contributed by atoms with van der Waals surface area (Å²) in [6.45, 7) is 1.09. The Labute approximate surface area is 136 Å². The lowest BCUT2D eigenvalue weighted by atomic mass is 10.1. The number of aromatic amines is 1. The van der Waals surface area contributed by atoms with Crippen LogP contribution in [-0.2, 0) is 6.42 Å². The summed E-state index contributed by atoms with van der Waals surface area (Å²) in [5.41, 5.74) is 17.1. The summed E-state index contributed by atoms with van der Waals surface area (Å²) in [5.74, 6) is 0.817. The van der Waals surface area contributed by atoms with E-state index in [0.29, 0.717) is 11.4 Å². The number of nitrogen functional groups attached to an aromatic ring is 2. The quantitative estimate of drug-likeness (QED) is 0.633. The molecular formula is C18H23N5. The van der Waals surface area contributed by atoms with Crippen LogP contribution < -0.4 is 11.5 Å². The molecule has 0 unspecified atom stereocenters. The molecule has 0 fully saturated rings. The number of hydrogen-bond acceptors (Lipinski definition) is 4. The SMILES string of the molecule is CN(C)CCCc1ccc2nc(-c3ccc(N)c(N)c3)[nH]c2c1. The molecule has 1 heterocycles. The Kier molecular flexibility index (Phi) is 4.21. The molecule has 0 bridgehead atoms. The number of fused-ring (bicyclic) bond motifs is 1. The molecule has 120 valence electrons. The summed E-state index contributed by atoms with van der Waals surface area (Å²) in [6, 6.07) is 12.0. The first-order chi connectivity index (χ1) is 11.0. The number of aryl methyl sites for hydroxylation is 1. The van der Waals surface area contributed by atoms with Crippen molar-refractivity contribution >= 4 is 22.4 Å². The molecule has 0 spiro atoms. The van der Waals surface area contributed by atoms with Crippen molar-refractivity contribution in [3.8, 4) is 11.4 Å². The van der Waals surface area contributed by atoms with Crippen molar-refractivity contribution in [2.75, 3.05) is 32.1 Å². The number of hydrogen-bond donors (Lipinski definition) is 3. The minimum absolute atomic E-state index is 0.576. The van der Waals surface area contributed by atoms with Gasteiger partial charge in [0.1, 0.15) is 5.82 Å². The Bertz CT molecular complexity index is 819. The van der Waals surface area contributed by atoms with Crippen LogP contribution in [0.15, 0.2) is 36.4 Å². The largest absolute Gasteiger partial charge is 0.397 e. The summed E-state index contributed by atoms with van der Waals surface area (Å²) in [4.78, 5) is 10.2. The first-order valence-electron chi connectivity index (χ1n) is 7.81. The normalized spacial score (nSPS) is 11.4. The third-order valence-electron chi connectivity index (χ3n) is 3.98. The molecule has 0 amide bonds. The van der Waals surface area contributed by atoms with Crippen LogP contribution in [0.3, 0.4) is 0 Å². The molecule has 23 heavy (non-hydrogen) atoms. The second kappa shape index (κ2) is 6.30. The number of anilines is 2. The van der Waals surface area contributed by atoms with Crippen LogP contribution in [0, 0.1) is 0 Å². The predicted molar refractivity (Wildman–Crippen MR) is 97.2 cm³/mol. The van der Waals surface area contributed by atoms with E-state index in [1.807, 2.05) is 18.2 Å². The Balaban J connectivity index is 1.85. The van der Waals surface area contributed by atoms with Crippen molar-refractivity contribution in [2.24, 2.45) is 0 Å². The van der Waals surface area contributed by atoms with Crippen molar-refractivity contribution in [1.29, 1.82) is 0 Å². The zero-order chi connectivity index (χ0) is 16.4. The van der Waals surface area contributed by atoms with Gasteiger partial charge in [-0.1, -0.05) is 6.07 Å². The standard InChI is InChI=1S/C18H23N5/c1-23(2)9-3-4-12-5-8-16-17(10-12)22-18(21-16)13-6-7-14(19)15(20)11-13/h5-8,10-11H,3-4,9,19-20H2,1-2H3,(H,21,22). The molecule has 0 aliphatic carbocycles. The van der Waals surface area contributed by atoms with Gasteiger partial charge < -0.3 is 21.4 Å². The molecule has 0 atom stereocenters. The fourth-order valence-corrected chi connectivity index (χ4v) is 2.67. The third kappa shape index (κ3) is 3.46. The minimum atomic E-state index is 0.576. The highest BCUT2D eigenvalue weighted by Gasteiger charge is 2.07. The van der Waals surface area contributed by atoms with Crippen molar-refractivity contribution in [3.05, 3.63) is 42.0 Å². The maximum atomic E-state index is 5.88. The lowest BCUT2D eigenvalue weighted by Crippen LogP contribution is -2.13. The van der Waals surface area contributed by atoms with E-state index in [2.05, 4.69) is 47.2 Å². The third-order valence-corrected chi connectivity index (χ3v) is 3.98. The number of benzene rings is 2. The zero-order valence-corrected chi connectivity index (χ0v) is 13.6. The number of aromatic nitrogens is 2. The van der Waals surface area contributed by atoms with Gasteiger partial charge in [0.05, 0.1) is 22.4 Å². The fraction of sp³-hybridized carbons (Fsp3) is 0.278. The van der Waals surface area contributed by atoms with E-state index < -0.39 is 0 Å². The molecule has 0 saturated heterocycles. The van der Waals surface area contributed by atoms with Crippen LogP contribution in [0.2, 0.25) is 0 Å². The summed E-state index contributed by atoms with van der Waals surface area (Å²) in [5, 5.41) is 0. The Morgan fingerprint density at radius 3 is 2.61 bits per heavy atom. The highest BCUT2D eigenvalue weighted by molar-refractivity contribution is 5.81. The van der Waals surface area contributed by atoms with Gasteiger partial charge in [-0.05, 0) is 69.4 Å². The molecular weight excluding hydrogens is 286 g/mol. The van der Waals surface area contributed by atoms with Crippen molar-refractivity contribution in [1.82, 2.24) is 14.9 Å². The number of nitrogens with zero attached hydrogens (tertiary/aromatic N) is 2. The van der Waals surface area contributed by atoms with Gasteiger partial charge in [-0.15, -0.1) is 0 Å². The van der Waals surface area contributed by atoms with E-state index in [9.17, 15) is 0 Å². The molecule has 0 saturated carbocycles. The lowest BCUT2D eigenvalue weighted by molar-refractivity contribution is 0.400. The van der Waals surface area contributed by atoms with E-state index in [-0.39, 0.29) is 0 Å². The van der Waals surface area contributed by atoms with Crippen LogP contribution in [0.25, 0.3) is 22.4 Å². The van der Waals surface area contributed by atoms with E-state index in [0.717, 1.165) is 41.8 Å². The predicted octanol–water partition coefficient (Wildman–Crippen LogP) is 2.89. The van der Waals surface area contributed by atoms with Gasteiger partial charge in [0.2, 0.25) is 0 Å². The summed E-state index contributed by atoms with van der Waals surface area (Å²) in [7, 11) is 4.20. The van der Waals surface area contributed by atoms with Crippen molar-refractivity contribution < 1.29 is 0 Å². The van der Waals surface area contributed by atoms with Crippen LogP contribution in [-0.4, -0.2) is 35.5 Å². The number of rotatable bonds is 5. The number of nitrogens with one attached hydrogen (secondary N) is 1. The molecule has 5 heteroatoms. The molecule has 3 aromatic rings. The van der Waals surface area contributed by atoms with Gasteiger partial charge in [0, 0.05) is 5.56 Å². The highest BCUT2D eigenvalue weighted by Crippen LogP contribution is 2.25. The molecule has 5 N–H and O–H groups in total. The monoisotopic (exact) mass is 309 g/mol. The Hall–Kier alpha value is -2.53. The second-order valence-electron chi connectivity index (χ2n) is 6.19. The first-order valence-corrected chi connectivity index (χ1v) is 7.81. The molecule has 0 aliphatic rings. The lowest BCUT2D eigenvalue weighted by Gasteiger charge is -2.08. The van der Waals surface area contributed by atoms with Crippen molar-refractivity contribution in [3.63, 3.8) is 0 Å². The highest BCUT2D eigenvalue weighted by atomic mass is 15.0. The van der Waals surface area contributed by atoms with Crippen LogP contribution >= 0.6 is 0 Å². The van der Waals surface area contributed by atoms with Crippen LogP contribution in [0.1, 0.15) is 12.0 Å². The maximum absolute atomic E-state index is 5.88. The van der Waals surface area contributed by atoms with Gasteiger partial charge in [-0.2, -0.15) is 0 Å². The molecule has 2 aromatic carbocycles. The summed E-state index contributed by atoms with van der Waals surface area (Å²) >= 11 is 0. The zero-order valence-electron chi connectivity index (χ0n) is 13.6. The topological polar surface area (TPSA) is 84.0 Å². The number of H-pyrrole nitrogens is 1. The van der Waals surface area contributed by atoms with Crippen molar-refractivity contribution in [2.45, 2.75) is 12.8 Å². The van der Waals surface area contributed by atoms with Gasteiger partial charge in [-0.25, -0.2) is 4.98 Å². The van der Waals surface area contributed by atoms with E-state index >= 15 is 0 Å². The number of nitrogens with two attached hydrogens (primary N) is 2. The van der Waals surface area contributed by atoms with Gasteiger partial charge in [0.25, 0.3) is 0 Å². The van der Waals surface area contributed by atoms with Crippen LogP contribution in [0.4, 0.5) is 11.4 Å². The molecule has 0 radical (unpaired) electrons. The second-order valence-corrected chi connectivity index (χ2v) is 6.19. The van der Waals surface area contributed by atoms with Gasteiger partial charge in [-0.3, -0.25) is 0 Å². The minimum Gasteiger partial charge on any atom is -0.397 e. The smallest absolute Gasteiger partial charge is 0.138 e. The average molecular weight is 309 g/mol. The summed E-state index contributed by atoms with van der Waals surface area (Å²) in [6.07, 6.45) is 2.21. The van der Waals surface area contributed by atoms with Gasteiger partial charge in [0.15, 0.2) is 0 Å². The summed E-state index contributed by atoms with van der Waals surface area (Å²) < 4.78 is 0.